The first-order valence-electron chi connectivity index (χ1n) is 5.67. The lowest BCUT2D eigenvalue weighted by molar-refractivity contribution is -0.125. The molecule has 1 N–H and O–H groups in total. The van der Waals surface area contributed by atoms with Crippen LogP contribution in [0.15, 0.2) is 18.2 Å². The van der Waals surface area contributed by atoms with E-state index in [1.807, 2.05) is 0 Å². The summed E-state index contributed by atoms with van der Waals surface area (Å²) in [5.41, 5.74) is 0.217. The van der Waals surface area contributed by atoms with Gasteiger partial charge in [0.1, 0.15) is 6.42 Å². The van der Waals surface area contributed by atoms with Crippen LogP contribution < -0.4 is 5.32 Å². The number of carbonyl (C=O) groups is 2. The van der Waals surface area contributed by atoms with Gasteiger partial charge in [0.15, 0.2) is 5.78 Å². The summed E-state index contributed by atoms with van der Waals surface area (Å²) < 4.78 is 36.6. The summed E-state index contributed by atoms with van der Waals surface area (Å²) in [7, 11) is 0. The molecule has 1 aliphatic heterocycles. The lowest BCUT2D eigenvalue weighted by Crippen LogP contribution is -2.27. The summed E-state index contributed by atoms with van der Waals surface area (Å²) in [6, 6.07) is 4.13. The molecule has 0 aliphatic carbocycles. The molecule has 1 aromatic carbocycles. The predicted octanol–water partition coefficient (Wildman–Crippen LogP) is 3.05. The number of hydrogen-bond acceptors (Lipinski definition) is 2. The van der Waals surface area contributed by atoms with Crippen LogP contribution in [0.25, 0.3) is 0 Å². The second kappa shape index (κ2) is 4.08. The maximum atomic E-state index is 12.2. The van der Waals surface area contributed by atoms with Crippen molar-refractivity contribution in [2.75, 3.05) is 5.32 Å². The molecule has 0 fully saturated rings. The Kier molecular flexibility index (Phi) is 2.91. The molecule has 6 heteroatoms. The van der Waals surface area contributed by atoms with Crippen molar-refractivity contribution in [2.24, 2.45) is 0 Å². The molecule has 1 heterocycles. The molecule has 0 radical (unpaired) electrons. The van der Waals surface area contributed by atoms with Gasteiger partial charge in [0.05, 0.1) is 5.41 Å². The number of ketones is 1. The Morgan fingerprint density at radius 3 is 2.53 bits per heavy atom. The second-order valence-corrected chi connectivity index (χ2v) is 5.05. The topological polar surface area (TPSA) is 46.2 Å². The molecule has 2 rings (SSSR count). The van der Waals surface area contributed by atoms with E-state index in [-0.39, 0.29) is 11.5 Å². The van der Waals surface area contributed by atoms with E-state index in [4.69, 9.17) is 0 Å². The van der Waals surface area contributed by atoms with E-state index >= 15 is 0 Å². The van der Waals surface area contributed by atoms with Crippen LogP contribution >= 0.6 is 0 Å². The van der Waals surface area contributed by atoms with Crippen LogP contribution in [0.3, 0.4) is 0 Å². The zero-order valence-electron chi connectivity index (χ0n) is 10.4. The van der Waals surface area contributed by atoms with Gasteiger partial charge in [-0.25, -0.2) is 0 Å². The van der Waals surface area contributed by atoms with E-state index in [2.05, 4.69) is 5.32 Å². The fourth-order valence-corrected chi connectivity index (χ4v) is 2.03. The molecule has 0 atom stereocenters. The fraction of sp³-hybridized carbons (Fsp3) is 0.385. The van der Waals surface area contributed by atoms with Crippen molar-refractivity contribution in [3.63, 3.8) is 0 Å². The number of amides is 1. The molecule has 0 aromatic heterocycles. The average molecular weight is 271 g/mol. The number of anilines is 1. The minimum absolute atomic E-state index is 0.0272. The molecule has 0 saturated heterocycles. The minimum atomic E-state index is -4.53. The van der Waals surface area contributed by atoms with Gasteiger partial charge >= 0.3 is 6.18 Å². The zero-order chi connectivity index (χ0) is 14.4. The molecule has 1 aliphatic rings. The summed E-state index contributed by atoms with van der Waals surface area (Å²) in [5, 5.41) is 2.63. The second-order valence-electron chi connectivity index (χ2n) is 5.05. The Morgan fingerprint density at radius 2 is 1.95 bits per heavy atom. The van der Waals surface area contributed by atoms with Crippen molar-refractivity contribution in [3.8, 4) is 0 Å². The number of fused-ring (bicyclic) bond motifs is 1. The van der Waals surface area contributed by atoms with Crippen molar-refractivity contribution >= 4 is 17.4 Å². The highest BCUT2D eigenvalue weighted by Gasteiger charge is 2.39. The van der Waals surface area contributed by atoms with Gasteiger partial charge in [0, 0.05) is 11.3 Å². The Balaban J connectivity index is 2.36. The lowest BCUT2D eigenvalue weighted by atomic mass is 9.85. The van der Waals surface area contributed by atoms with Gasteiger partial charge < -0.3 is 5.32 Å². The summed E-state index contributed by atoms with van der Waals surface area (Å²) in [4.78, 5) is 23.2. The number of Topliss-reactive ketones (excluding diaryl/α,β-unsaturated/α-hetero) is 1. The van der Waals surface area contributed by atoms with Gasteiger partial charge in [0.2, 0.25) is 5.91 Å². The van der Waals surface area contributed by atoms with Gasteiger partial charge in [-0.05, 0) is 37.6 Å². The first-order valence-corrected chi connectivity index (χ1v) is 5.67. The quantitative estimate of drug-likeness (QED) is 0.840. The number of benzene rings is 1. The SMILES string of the molecule is CC1(C)C(=O)Nc2ccc(C(=O)CC(F)(F)F)cc21. The van der Waals surface area contributed by atoms with Crippen LogP contribution in [0.1, 0.15) is 36.2 Å². The molecule has 1 aromatic rings. The summed E-state index contributed by atoms with van der Waals surface area (Å²) >= 11 is 0. The number of rotatable bonds is 2. The minimum Gasteiger partial charge on any atom is -0.325 e. The Morgan fingerprint density at radius 1 is 1.32 bits per heavy atom. The van der Waals surface area contributed by atoms with Gasteiger partial charge in [-0.15, -0.1) is 0 Å². The molecule has 0 unspecified atom stereocenters. The summed E-state index contributed by atoms with van der Waals surface area (Å²) in [5.74, 6) is -1.23. The van der Waals surface area contributed by atoms with E-state index in [0.717, 1.165) is 0 Å². The van der Waals surface area contributed by atoms with Crippen molar-refractivity contribution in [1.82, 2.24) is 0 Å². The normalized spacial score (nSPS) is 17.0. The Bertz CT molecular complexity index is 561. The molecular formula is C13H12F3NO2. The van der Waals surface area contributed by atoms with E-state index in [0.29, 0.717) is 11.3 Å². The van der Waals surface area contributed by atoms with Gasteiger partial charge in [-0.3, -0.25) is 9.59 Å². The maximum Gasteiger partial charge on any atom is 0.396 e. The van der Waals surface area contributed by atoms with Crippen LogP contribution in [0.5, 0.6) is 0 Å². The number of alkyl halides is 3. The van der Waals surface area contributed by atoms with Crippen molar-refractivity contribution in [3.05, 3.63) is 29.3 Å². The first kappa shape index (κ1) is 13.6. The number of hydrogen-bond donors (Lipinski definition) is 1. The van der Waals surface area contributed by atoms with Crippen molar-refractivity contribution in [1.29, 1.82) is 0 Å². The smallest absolute Gasteiger partial charge is 0.325 e. The van der Waals surface area contributed by atoms with Gasteiger partial charge in [0.25, 0.3) is 0 Å². The first-order chi connectivity index (χ1) is 8.61. The molecular weight excluding hydrogens is 259 g/mol. The van der Waals surface area contributed by atoms with Crippen LogP contribution in [-0.4, -0.2) is 17.9 Å². The zero-order valence-corrected chi connectivity index (χ0v) is 10.4. The largest absolute Gasteiger partial charge is 0.396 e. The molecule has 0 spiro atoms. The lowest BCUT2D eigenvalue weighted by Gasteiger charge is -2.15. The highest BCUT2D eigenvalue weighted by molar-refractivity contribution is 6.07. The van der Waals surface area contributed by atoms with Gasteiger partial charge in [-0.2, -0.15) is 13.2 Å². The van der Waals surface area contributed by atoms with Crippen LogP contribution in [-0.2, 0) is 10.2 Å². The summed E-state index contributed by atoms with van der Waals surface area (Å²) in [6.45, 7) is 3.32. The number of carbonyl (C=O) groups excluding carboxylic acids is 2. The Labute approximate surface area is 107 Å². The molecule has 102 valence electrons. The van der Waals surface area contributed by atoms with Crippen LogP contribution in [0.2, 0.25) is 0 Å². The average Bonchev–Trinajstić information content (AvgIpc) is 2.47. The molecule has 19 heavy (non-hydrogen) atoms. The van der Waals surface area contributed by atoms with E-state index < -0.39 is 23.8 Å². The maximum absolute atomic E-state index is 12.2. The third kappa shape index (κ3) is 2.47. The fourth-order valence-electron chi connectivity index (χ4n) is 2.03. The highest BCUT2D eigenvalue weighted by Crippen LogP contribution is 2.38. The van der Waals surface area contributed by atoms with Crippen molar-refractivity contribution < 1.29 is 22.8 Å². The summed E-state index contributed by atoms with van der Waals surface area (Å²) in [6.07, 6.45) is -6.02. The third-order valence-corrected chi connectivity index (χ3v) is 3.19. The molecule has 0 saturated carbocycles. The predicted molar refractivity (Wildman–Crippen MR) is 63.1 cm³/mol. The molecule has 0 bridgehead atoms. The van der Waals surface area contributed by atoms with Crippen LogP contribution in [0, 0.1) is 0 Å². The van der Waals surface area contributed by atoms with E-state index in [1.165, 1.54) is 18.2 Å². The number of nitrogens with one attached hydrogen (secondary N) is 1. The van der Waals surface area contributed by atoms with E-state index in [1.54, 1.807) is 13.8 Å². The van der Waals surface area contributed by atoms with Gasteiger partial charge in [-0.1, -0.05) is 0 Å². The Hall–Kier alpha value is -1.85. The standard InChI is InChI=1S/C13H12F3NO2/c1-12(2)8-5-7(10(18)6-13(14,15)16)3-4-9(8)17-11(12)19/h3-5H,6H2,1-2H3,(H,17,19). The highest BCUT2D eigenvalue weighted by atomic mass is 19.4. The molecule has 1 amide bonds. The monoisotopic (exact) mass is 271 g/mol. The van der Waals surface area contributed by atoms with E-state index in [9.17, 15) is 22.8 Å². The number of halogens is 3. The molecule has 3 nitrogen and oxygen atoms in total. The third-order valence-electron chi connectivity index (χ3n) is 3.19. The van der Waals surface area contributed by atoms with Crippen molar-refractivity contribution in [2.45, 2.75) is 31.9 Å². The van der Waals surface area contributed by atoms with Crippen LogP contribution in [0.4, 0.5) is 18.9 Å².